The van der Waals surface area contributed by atoms with Crippen molar-refractivity contribution in [2.45, 2.75) is 13.0 Å². The highest BCUT2D eigenvalue weighted by Gasteiger charge is 2.15. The van der Waals surface area contributed by atoms with E-state index in [1.807, 2.05) is 0 Å². The minimum Gasteiger partial charge on any atom is -0.271 e. The molecule has 1 unspecified atom stereocenters. The second-order valence-electron chi connectivity index (χ2n) is 4.18. The van der Waals surface area contributed by atoms with Gasteiger partial charge in [0.15, 0.2) is 0 Å². The highest BCUT2D eigenvalue weighted by molar-refractivity contribution is 14.1. The number of halogens is 2. The van der Waals surface area contributed by atoms with E-state index in [4.69, 9.17) is 5.84 Å². The molecule has 2 nitrogen and oxygen atoms in total. The molecule has 0 amide bonds. The van der Waals surface area contributed by atoms with Gasteiger partial charge in [-0.1, -0.05) is 45.8 Å². The normalized spacial score (nSPS) is 12.4. The maximum absolute atomic E-state index is 5.72. The number of hydrazine groups is 1. The molecule has 2 aromatic carbocycles. The molecule has 18 heavy (non-hydrogen) atoms. The molecule has 0 aromatic heterocycles. The molecule has 3 N–H and O–H groups in total. The molecule has 0 spiro atoms. The van der Waals surface area contributed by atoms with E-state index in [1.54, 1.807) is 0 Å². The number of rotatable bonds is 3. The first-order valence-corrected chi connectivity index (χ1v) is 7.46. The molecule has 94 valence electrons. The highest BCUT2D eigenvalue weighted by atomic mass is 127. The third kappa shape index (κ3) is 3.12. The lowest BCUT2D eigenvalue weighted by Crippen LogP contribution is -2.29. The van der Waals surface area contributed by atoms with Crippen LogP contribution >= 0.6 is 38.5 Å². The summed E-state index contributed by atoms with van der Waals surface area (Å²) in [5.74, 6) is 5.72. The Kier molecular flexibility index (Phi) is 4.77. The second kappa shape index (κ2) is 6.14. The largest absolute Gasteiger partial charge is 0.271 e. The topological polar surface area (TPSA) is 38.0 Å². The SMILES string of the molecule is Cc1ccc(C(NN)c2cc(I)ccc2Br)cc1. The zero-order valence-corrected chi connectivity index (χ0v) is 13.7. The van der Waals surface area contributed by atoms with E-state index in [0.717, 1.165) is 15.6 Å². The van der Waals surface area contributed by atoms with Crippen molar-refractivity contribution in [3.8, 4) is 0 Å². The number of nitrogens with one attached hydrogen (secondary N) is 1. The molecule has 0 radical (unpaired) electrons. The van der Waals surface area contributed by atoms with Crippen LogP contribution in [0.15, 0.2) is 46.9 Å². The van der Waals surface area contributed by atoms with Gasteiger partial charge in [0, 0.05) is 8.04 Å². The Labute approximate surface area is 129 Å². The lowest BCUT2D eigenvalue weighted by Gasteiger charge is -2.19. The third-order valence-corrected chi connectivity index (χ3v) is 4.24. The molecule has 0 aliphatic carbocycles. The Morgan fingerprint density at radius 3 is 2.44 bits per heavy atom. The Bertz CT molecular complexity index is 540. The molecule has 0 heterocycles. The Morgan fingerprint density at radius 1 is 1.17 bits per heavy atom. The average Bonchev–Trinajstić information content (AvgIpc) is 2.37. The van der Waals surface area contributed by atoms with Crippen LogP contribution in [0.25, 0.3) is 0 Å². The zero-order valence-electron chi connectivity index (χ0n) is 9.95. The summed E-state index contributed by atoms with van der Waals surface area (Å²) in [5.41, 5.74) is 6.44. The fourth-order valence-electron chi connectivity index (χ4n) is 1.86. The van der Waals surface area contributed by atoms with Crippen LogP contribution in [0.5, 0.6) is 0 Å². The summed E-state index contributed by atoms with van der Waals surface area (Å²) >= 11 is 5.89. The van der Waals surface area contributed by atoms with Crippen molar-refractivity contribution in [3.05, 3.63) is 67.2 Å². The molecule has 0 fully saturated rings. The van der Waals surface area contributed by atoms with Crippen LogP contribution in [0.4, 0.5) is 0 Å². The fourth-order valence-corrected chi connectivity index (χ4v) is 2.85. The summed E-state index contributed by atoms with van der Waals surface area (Å²) in [4.78, 5) is 0. The van der Waals surface area contributed by atoms with Gasteiger partial charge in [-0.25, -0.2) is 5.43 Å². The minimum absolute atomic E-state index is 0.00492. The van der Waals surface area contributed by atoms with E-state index in [-0.39, 0.29) is 6.04 Å². The molecule has 0 aliphatic heterocycles. The third-order valence-electron chi connectivity index (χ3n) is 2.85. The summed E-state index contributed by atoms with van der Waals surface area (Å²) in [6.45, 7) is 2.08. The molecule has 0 saturated heterocycles. The van der Waals surface area contributed by atoms with Crippen molar-refractivity contribution in [2.24, 2.45) is 5.84 Å². The van der Waals surface area contributed by atoms with Crippen LogP contribution in [0, 0.1) is 10.5 Å². The van der Waals surface area contributed by atoms with E-state index < -0.39 is 0 Å². The molecule has 1 atom stereocenters. The van der Waals surface area contributed by atoms with Crippen LogP contribution in [0.1, 0.15) is 22.7 Å². The number of aryl methyl sites for hydroxylation is 1. The highest BCUT2D eigenvalue weighted by Crippen LogP contribution is 2.29. The van der Waals surface area contributed by atoms with E-state index in [1.165, 1.54) is 9.13 Å². The average molecular weight is 417 g/mol. The van der Waals surface area contributed by atoms with E-state index in [2.05, 4.69) is 93.3 Å². The lowest BCUT2D eigenvalue weighted by molar-refractivity contribution is 0.634. The molecule has 0 bridgehead atoms. The first-order chi connectivity index (χ1) is 8.61. The molecule has 0 saturated carbocycles. The maximum atomic E-state index is 5.72. The number of hydrogen-bond donors (Lipinski definition) is 2. The molecule has 0 aliphatic rings. The monoisotopic (exact) mass is 416 g/mol. The predicted octanol–water partition coefficient (Wildman–Crippen LogP) is 3.91. The van der Waals surface area contributed by atoms with E-state index >= 15 is 0 Å². The fraction of sp³-hybridized carbons (Fsp3) is 0.143. The molecule has 4 heteroatoms. The molecular formula is C14H14BrIN2. The standard InChI is InChI=1S/C14H14BrIN2/c1-9-2-4-10(5-3-9)14(18-17)12-8-11(16)6-7-13(12)15/h2-8,14,18H,17H2,1H3. The predicted molar refractivity (Wildman–Crippen MR) is 87.2 cm³/mol. The van der Waals surface area contributed by atoms with Gasteiger partial charge in [-0.3, -0.25) is 5.84 Å². The van der Waals surface area contributed by atoms with Gasteiger partial charge in [0.2, 0.25) is 0 Å². The summed E-state index contributed by atoms with van der Waals surface area (Å²) in [6.07, 6.45) is 0. The van der Waals surface area contributed by atoms with E-state index in [9.17, 15) is 0 Å². The number of benzene rings is 2. The summed E-state index contributed by atoms with van der Waals surface area (Å²) in [6, 6.07) is 14.7. The molecule has 2 rings (SSSR count). The van der Waals surface area contributed by atoms with Crippen LogP contribution in [0.2, 0.25) is 0 Å². The van der Waals surface area contributed by atoms with Crippen LogP contribution in [-0.2, 0) is 0 Å². The van der Waals surface area contributed by atoms with Crippen molar-refractivity contribution in [1.82, 2.24) is 5.43 Å². The van der Waals surface area contributed by atoms with Crippen molar-refractivity contribution < 1.29 is 0 Å². The van der Waals surface area contributed by atoms with Crippen molar-refractivity contribution in [1.29, 1.82) is 0 Å². The first-order valence-electron chi connectivity index (χ1n) is 5.59. The zero-order chi connectivity index (χ0) is 13.1. The Morgan fingerprint density at radius 2 is 1.83 bits per heavy atom. The molecular weight excluding hydrogens is 403 g/mol. The minimum atomic E-state index is -0.00492. The van der Waals surface area contributed by atoms with Gasteiger partial charge in [-0.05, 0) is 58.8 Å². The van der Waals surface area contributed by atoms with Gasteiger partial charge >= 0.3 is 0 Å². The first kappa shape index (κ1) is 14.0. The van der Waals surface area contributed by atoms with Crippen molar-refractivity contribution in [2.75, 3.05) is 0 Å². The Hall–Kier alpha value is -0.430. The summed E-state index contributed by atoms with van der Waals surface area (Å²) < 4.78 is 2.25. The Balaban J connectivity index is 2.44. The van der Waals surface area contributed by atoms with Gasteiger partial charge in [-0.2, -0.15) is 0 Å². The van der Waals surface area contributed by atoms with E-state index in [0.29, 0.717) is 0 Å². The van der Waals surface area contributed by atoms with Gasteiger partial charge in [-0.15, -0.1) is 0 Å². The van der Waals surface area contributed by atoms with Crippen molar-refractivity contribution >= 4 is 38.5 Å². The van der Waals surface area contributed by atoms with Crippen LogP contribution in [0.3, 0.4) is 0 Å². The van der Waals surface area contributed by atoms with Gasteiger partial charge < -0.3 is 0 Å². The number of nitrogens with two attached hydrogens (primary N) is 1. The van der Waals surface area contributed by atoms with Crippen molar-refractivity contribution in [3.63, 3.8) is 0 Å². The lowest BCUT2D eigenvalue weighted by atomic mass is 9.98. The van der Waals surface area contributed by atoms with Gasteiger partial charge in [0.1, 0.15) is 0 Å². The summed E-state index contributed by atoms with van der Waals surface area (Å²) in [7, 11) is 0. The van der Waals surface area contributed by atoms with Gasteiger partial charge in [0.25, 0.3) is 0 Å². The number of hydrogen-bond acceptors (Lipinski definition) is 2. The van der Waals surface area contributed by atoms with Crippen LogP contribution < -0.4 is 11.3 Å². The summed E-state index contributed by atoms with van der Waals surface area (Å²) in [5, 5.41) is 0. The van der Waals surface area contributed by atoms with Crippen LogP contribution in [-0.4, -0.2) is 0 Å². The smallest absolute Gasteiger partial charge is 0.0721 e. The second-order valence-corrected chi connectivity index (χ2v) is 6.28. The molecule has 2 aromatic rings. The maximum Gasteiger partial charge on any atom is 0.0721 e. The van der Waals surface area contributed by atoms with Gasteiger partial charge in [0.05, 0.1) is 6.04 Å². The quantitative estimate of drug-likeness (QED) is 0.452.